The van der Waals surface area contributed by atoms with Crippen LogP contribution in [-0.2, 0) is 11.9 Å². The number of hydrogen-bond donors (Lipinski definition) is 1. The maximum atomic E-state index is 12.6. The number of thiazole rings is 1. The van der Waals surface area contributed by atoms with Crippen molar-refractivity contribution in [1.29, 1.82) is 0 Å². The lowest BCUT2D eigenvalue weighted by molar-refractivity contribution is -0.141. The van der Waals surface area contributed by atoms with E-state index >= 15 is 0 Å². The maximum absolute atomic E-state index is 12.6. The highest BCUT2D eigenvalue weighted by molar-refractivity contribution is 7.98. The average Bonchev–Trinajstić information content (AvgIpc) is 3.15. The fraction of sp³-hybridized carbons (Fsp3) is 0.154. The van der Waals surface area contributed by atoms with Gasteiger partial charge in [-0.1, -0.05) is 11.8 Å². The second kappa shape index (κ2) is 6.46. The summed E-state index contributed by atoms with van der Waals surface area (Å²) in [5.74, 6) is 0.324. The van der Waals surface area contributed by atoms with Crippen LogP contribution in [0.1, 0.15) is 11.4 Å². The van der Waals surface area contributed by atoms with Crippen LogP contribution in [0.4, 0.5) is 13.2 Å². The highest BCUT2D eigenvalue weighted by atomic mass is 32.2. The number of thiophene rings is 1. The van der Waals surface area contributed by atoms with Crippen molar-refractivity contribution >= 4 is 34.4 Å². The van der Waals surface area contributed by atoms with Crippen molar-refractivity contribution in [3.05, 3.63) is 50.0 Å². The van der Waals surface area contributed by atoms with E-state index in [9.17, 15) is 18.0 Å². The third-order valence-corrected chi connectivity index (χ3v) is 5.22. The number of aromatic nitrogens is 3. The molecule has 0 bridgehead atoms. The summed E-state index contributed by atoms with van der Waals surface area (Å²) in [6, 6.07) is 2.40. The summed E-state index contributed by atoms with van der Waals surface area (Å²) in [5, 5.41) is 6.54. The predicted molar refractivity (Wildman–Crippen MR) is 84.8 cm³/mol. The third-order valence-electron chi connectivity index (χ3n) is 2.69. The van der Waals surface area contributed by atoms with E-state index in [1.807, 2.05) is 22.2 Å². The largest absolute Gasteiger partial charge is 0.433 e. The van der Waals surface area contributed by atoms with Gasteiger partial charge in [-0.05, 0) is 11.4 Å². The molecule has 0 spiro atoms. The lowest BCUT2D eigenvalue weighted by Crippen LogP contribution is -2.16. The highest BCUT2D eigenvalue weighted by Crippen LogP contribution is 2.30. The molecule has 0 aliphatic heterocycles. The molecule has 0 aromatic carbocycles. The summed E-state index contributed by atoms with van der Waals surface area (Å²) in [6.07, 6.45) is -4.64. The zero-order valence-electron chi connectivity index (χ0n) is 11.3. The van der Waals surface area contributed by atoms with Crippen molar-refractivity contribution in [3.8, 4) is 10.6 Å². The average molecular weight is 375 g/mol. The second-order valence-electron chi connectivity index (χ2n) is 4.38. The number of aromatic amines is 1. The van der Waals surface area contributed by atoms with Crippen molar-refractivity contribution in [2.75, 3.05) is 0 Å². The van der Waals surface area contributed by atoms with Crippen LogP contribution in [-0.4, -0.2) is 15.0 Å². The molecule has 3 aromatic rings. The maximum Gasteiger partial charge on any atom is 0.433 e. The van der Waals surface area contributed by atoms with Gasteiger partial charge in [-0.2, -0.15) is 24.5 Å². The molecule has 23 heavy (non-hydrogen) atoms. The minimum Gasteiger partial charge on any atom is -0.301 e. The fourth-order valence-corrected chi connectivity index (χ4v) is 4.09. The molecule has 0 aliphatic carbocycles. The molecule has 120 valence electrons. The first-order chi connectivity index (χ1) is 10.9. The molecule has 10 heteroatoms. The molecule has 3 rings (SSSR count). The first-order valence-electron chi connectivity index (χ1n) is 6.20. The van der Waals surface area contributed by atoms with Crippen molar-refractivity contribution in [1.82, 2.24) is 15.0 Å². The lowest BCUT2D eigenvalue weighted by Gasteiger charge is -2.06. The van der Waals surface area contributed by atoms with Gasteiger partial charge in [0.1, 0.15) is 5.01 Å². The fourth-order valence-electron chi connectivity index (χ4n) is 1.68. The molecule has 3 aromatic heterocycles. The molecule has 3 heterocycles. The number of alkyl halides is 3. The highest BCUT2D eigenvalue weighted by Gasteiger charge is 2.33. The van der Waals surface area contributed by atoms with E-state index in [-0.39, 0.29) is 5.16 Å². The minimum atomic E-state index is -4.64. The van der Waals surface area contributed by atoms with Crippen molar-refractivity contribution in [2.45, 2.75) is 17.1 Å². The lowest BCUT2D eigenvalue weighted by atomic mass is 10.4. The van der Waals surface area contributed by atoms with E-state index in [0.717, 1.165) is 28.0 Å². The molecule has 0 atom stereocenters. The Morgan fingerprint density at radius 3 is 2.78 bits per heavy atom. The Morgan fingerprint density at radius 2 is 2.09 bits per heavy atom. The van der Waals surface area contributed by atoms with Crippen LogP contribution in [0.25, 0.3) is 10.6 Å². The molecule has 0 aliphatic rings. The van der Waals surface area contributed by atoms with Crippen molar-refractivity contribution in [2.24, 2.45) is 0 Å². The molecule has 0 saturated carbocycles. The van der Waals surface area contributed by atoms with E-state index in [2.05, 4.69) is 15.0 Å². The smallest absolute Gasteiger partial charge is 0.301 e. The normalized spacial score (nSPS) is 11.8. The van der Waals surface area contributed by atoms with Gasteiger partial charge in [-0.15, -0.1) is 11.3 Å². The van der Waals surface area contributed by atoms with Gasteiger partial charge in [0.15, 0.2) is 10.9 Å². The second-order valence-corrected chi connectivity index (χ2v) is 6.98. The Balaban J connectivity index is 1.74. The summed E-state index contributed by atoms with van der Waals surface area (Å²) in [4.78, 5) is 21.5. The van der Waals surface area contributed by atoms with Gasteiger partial charge < -0.3 is 4.98 Å². The van der Waals surface area contributed by atoms with Crippen molar-refractivity contribution < 1.29 is 13.2 Å². The minimum absolute atomic E-state index is 0.0742. The molecule has 1 N–H and O–H groups in total. The monoisotopic (exact) mass is 375 g/mol. The van der Waals surface area contributed by atoms with Gasteiger partial charge in [-0.3, -0.25) is 4.79 Å². The number of rotatable bonds is 4. The van der Waals surface area contributed by atoms with Crippen LogP contribution in [0.3, 0.4) is 0 Å². The molecule has 0 fully saturated rings. The van der Waals surface area contributed by atoms with Gasteiger partial charge in [0.2, 0.25) is 0 Å². The number of hydrogen-bond acceptors (Lipinski definition) is 6. The van der Waals surface area contributed by atoms with Gasteiger partial charge in [-0.25, -0.2) is 9.97 Å². The first kappa shape index (κ1) is 16.2. The summed E-state index contributed by atoms with van der Waals surface area (Å²) in [7, 11) is 0. The molecule has 0 unspecified atom stereocenters. The quantitative estimate of drug-likeness (QED) is 0.547. The third kappa shape index (κ3) is 4.01. The van der Waals surface area contributed by atoms with E-state index in [4.69, 9.17) is 0 Å². The number of nitrogens with zero attached hydrogens (tertiary/aromatic N) is 2. The first-order valence-corrected chi connectivity index (χ1v) is 9.01. The summed E-state index contributed by atoms with van der Waals surface area (Å²) in [6.45, 7) is 0. The zero-order chi connectivity index (χ0) is 16.4. The molecule has 0 radical (unpaired) electrons. The summed E-state index contributed by atoms with van der Waals surface area (Å²) >= 11 is 4.04. The standard InChI is InChI=1S/C13H8F3N3OS3/c14-13(15,16)9-3-10(20)19-12(18-9)23-6-8-5-22-11(17-8)7-1-2-21-4-7/h1-5H,6H2,(H,18,19,20). The molecule has 0 amide bonds. The summed E-state index contributed by atoms with van der Waals surface area (Å²) in [5.41, 5.74) is -0.281. The van der Waals surface area contributed by atoms with E-state index < -0.39 is 17.4 Å². The Labute approximate surface area is 140 Å². The van der Waals surface area contributed by atoms with Gasteiger partial charge in [0.25, 0.3) is 5.56 Å². The van der Waals surface area contributed by atoms with Crippen LogP contribution in [0.5, 0.6) is 0 Å². The van der Waals surface area contributed by atoms with E-state index in [0.29, 0.717) is 11.8 Å². The van der Waals surface area contributed by atoms with Crippen LogP contribution < -0.4 is 5.56 Å². The number of H-pyrrole nitrogens is 1. The van der Waals surface area contributed by atoms with Crippen LogP contribution in [0, 0.1) is 0 Å². The van der Waals surface area contributed by atoms with E-state index in [1.165, 1.54) is 11.3 Å². The Hall–Kier alpha value is -1.65. The van der Waals surface area contributed by atoms with Crippen LogP contribution in [0.15, 0.2) is 38.2 Å². The molecular weight excluding hydrogens is 367 g/mol. The Kier molecular flexibility index (Phi) is 4.55. The van der Waals surface area contributed by atoms with Gasteiger partial charge in [0, 0.05) is 28.1 Å². The van der Waals surface area contributed by atoms with Crippen LogP contribution in [0.2, 0.25) is 0 Å². The van der Waals surface area contributed by atoms with E-state index in [1.54, 1.807) is 11.3 Å². The summed E-state index contributed by atoms with van der Waals surface area (Å²) < 4.78 is 37.9. The number of nitrogens with one attached hydrogen (secondary N) is 1. The van der Waals surface area contributed by atoms with Gasteiger partial charge in [0.05, 0.1) is 5.69 Å². The Bertz CT molecular complexity index is 855. The Morgan fingerprint density at radius 1 is 1.26 bits per heavy atom. The SMILES string of the molecule is O=c1cc(C(F)(F)F)nc(SCc2csc(-c3ccsc3)n2)[nH]1. The molecular formula is C13H8F3N3OS3. The predicted octanol–water partition coefficient (Wildman–Crippen LogP) is 4.27. The number of halogens is 3. The number of thioether (sulfide) groups is 1. The molecule has 4 nitrogen and oxygen atoms in total. The topological polar surface area (TPSA) is 58.6 Å². The zero-order valence-corrected chi connectivity index (χ0v) is 13.7. The van der Waals surface area contributed by atoms with Crippen LogP contribution >= 0.6 is 34.4 Å². The van der Waals surface area contributed by atoms with Crippen molar-refractivity contribution in [3.63, 3.8) is 0 Å². The van der Waals surface area contributed by atoms with Gasteiger partial charge >= 0.3 is 6.18 Å². The molecule has 0 saturated heterocycles.